The van der Waals surface area contributed by atoms with Crippen molar-refractivity contribution in [3.05, 3.63) is 11.9 Å². The van der Waals surface area contributed by atoms with Crippen LogP contribution in [0, 0.1) is 18.8 Å². The van der Waals surface area contributed by atoms with Crippen LogP contribution in [0.5, 0.6) is 0 Å². The first-order valence-electron chi connectivity index (χ1n) is 6.25. The second-order valence-corrected chi connectivity index (χ2v) is 4.99. The average Bonchev–Trinajstić information content (AvgIpc) is 2.88. The third-order valence-corrected chi connectivity index (χ3v) is 3.79. The van der Waals surface area contributed by atoms with Crippen LogP contribution in [-0.4, -0.2) is 43.2 Å². The van der Waals surface area contributed by atoms with Crippen molar-refractivity contribution in [2.75, 3.05) is 43.4 Å². The van der Waals surface area contributed by atoms with Crippen LogP contribution in [-0.2, 0) is 0 Å². The molecule has 0 amide bonds. The lowest BCUT2D eigenvalue weighted by Crippen LogP contribution is -2.26. The fourth-order valence-corrected chi connectivity index (χ4v) is 2.88. The van der Waals surface area contributed by atoms with Crippen molar-refractivity contribution in [1.82, 2.24) is 15.3 Å². The number of nitrogens with zero attached hydrogens (tertiary/aromatic N) is 3. The summed E-state index contributed by atoms with van der Waals surface area (Å²) in [6.07, 6.45) is 0. The Kier molecular flexibility index (Phi) is 2.63. The van der Waals surface area contributed by atoms with Gasteiger partial charge in [0.15, 0.2) is 0 Å². The number of nitrogens with one attached hydrogen (secondary N) is 2. The normalized spacial score (nSPS) is 27.3. The number of hydrogen-bond donors (Lipinski definition) is 2. The lowest BCUT2D eigenvalue weighted by atomic mass is 10.0. The highest BCUT2D eigenvalue weighted by Crippen LogP contribution is 2.30. The maximum atomic E-state index is 4.55. The van der Waals surface area contributed by atoms with Gasteiger partial charge in [0.05, 0.1) is 0 Å². The van der Waals surface area contributed by atoms with Crippen molar-refractivity contribution >= 4 is 11.6 Å². The molecule has 3 rings (SSSR count). The van der Waals surface area contributed by atoms with E-state index >= 15 is 0 Å². The number of rotatable bonds is 2. The number of hydrogen-bond acceptors (Lipinski definition) is 5. The van der Waals surface area contributed by atoms with E-state index in [4.69, 9.17) is 0 Å². The first-order chi connectivity index (χ1) is 8.26. The molecule has 2 unspecified atom stereocenters. The van der Waals surface area contributed by atoms with Crippen LogP contribution in [0.1, 0.15) is 5.82 Å². The third kappa shape index (κ3) is 1.95. The Morgan fingerprint density at radius 2 is 2.00 bits per heavy atom. The van der Waals surface area contributed by atoms with E-state index in [-0.39, 0.29) is 0 Å². The summed E-state index contributed by atoms with van der Waals surface area (Å²) in [4.78, 5) is 11.3. The molecule has 17 heavy (non-hydrogen) atoms. The molecular weight excluding hydrogens is 214 g/mol. The molecule has 0 bridgehead atoms. The highest BCUT2D eigenvalue weighted by molar-refractivity contribution is 5.50. The van der Waals surface area contributed by atoms with Crippen molar-refractivity contribution < 1.29 is 0 Å². The molecule has 2 fully saturated rings. The molecule has 2 atom stereocenters. The molecule has 1 aromatic heterocycles. The van der Waals surface area contributed by atoms with Crippen LogP contribution in [0.25, 0.3) is 0 Å². The standard InChI is InChI=1S/C12H19N5/c1-8-15-11(13-2)3-12(16-8)17-6-9-4-14-5-10(9)7-17/h3,9-10,14H,4-7H2,1-2H3,(H,13,15,16). The summed E-state index contributed by atoms with van der Waals surface area (Å²) >= 11 is 0. The van der Waals surface area contributed by atoms with Crippen molar-refractivity contribution in [3.8, 4) is 0 Å². The van der Waals surface area contributed by atoms with Gasteiger partial charge in [-0.2, -0.15) is 0 Å². The lowest BCUT2D eigenvalue weighted by Gasteiger charge is -2.19. The van der Waals surface area contributed by atoms with E-state index in [0.29, 0.717) is 0 Å². The summed E-state index contributed by atoms with van der Waals surface area (Å²) in [7, 11) is 1.90. The smallest absolute Gasteiger partial charge is 0.134 e. The van der Waals surface area contributed by atoms with Crippen LogP contribution >= 0.6 is 0 Å². The molecule has 0 aliphatic carbocycles. The minimum atomic E-state index is 0.795. The van der Waals surface area contributed by atoms with E-state index in [9.17, 15) is 0 Å². The Bertz CT molecular complexity index is 407. The van der Waals surface area contributed by atoms with E-state index in [1.54, 1.807) is 0 Å². The second-order valence-electron chi connectivity index (χ2n) is 4.99. The highest BCUT2D eigenvalue weighted by atomic mass is 15.2. The highest BCUT2D eigenvalue weighted by Gasteiger charge is 2.36. The molecule has 2 aliphatic heterocycles. The van der Waals surface area contributed by atoms with E-state index in [0.717, 1.165) is 55.5 Å². The first kappa shape index (κ1) is 10.8. The van der Waals surface area contributed by atoms with Crippen molar-refractivity contribution in [1.29, 1.82) is 0 Å². The van der Waals surface area contributed by atoms with Gasteiger partial charge in [0, 0.05) is 39.3 Å². The predicted molar refractivity (Wildman–Crippen MR) is 68.4 cm³/mol. The largest absolute Gasteiger partial charge is 0.373 e. The molecule has 0 aromatic carbocycles. The number of aromatic nitrogens is 2. The molecule has 5 nitrogen and oxygen atoms in total. The molecule has 0 saturated carbocycles. The molecule has 0 spiro atoms. The maximum Gasteiger partial charge on any atom is 0.134 e. The molecule has 0 radical (unpaired) electrons. The molecule has 2 saturated heterocycles. The fraction of sp³-hybridized carbons (Fsp3) is 0.667. The van der Waals surface area contributed by atoms with Crippen LogP contribution < -0.4 is 15.5 Å². The summed E-state index contributed by atoms with van der Waals surface area (Å²) in [6.45, 7) is 6.51. The summed E-state index contributed by atoms with van der Waals surface area (Å²) in [5, 5.41) is 6.55. The van der Waals surface area contributed by atoms with Gasteiger partial charge in [-0.3, -0.25) is 0 Å². The molecule has 2 aliphatic rings. The van der Waals surface area contributed by atoms with E-state index < -0.39 is 0 Å². The molecule has 2 N–H and O–H groups in total. The maximum absolute atomic E-state index is 4.55. The van der Waals surface area contributed by atoms with Gasteiger partial charge in [-0.15, -0.1) is 0 Å². The third-order valence-electron chi connectivity index (χ3n) is 3.79. The zero-order valence-electron chi connectivity index (χ0n) is 10.4. The van der Waals surface area contributed by atoms with Crippen molar-refractivity contribution in [3.63, 3.8) is 0 Å². The molecule has 1 aromatic rings. The minimum absolute atomic E-state index is 0.795. The zero-order chi connectivity index (χ0) is 11.8. The van der Waals surface area contributed by atoms with Gasteiger partial charge < -0.3 is 15.5 Å². The lowest BCUT2D eigenvalue weighted by molar-refractivity contribution is 0.533. The number of anilines is 2. The number of aryl methyl sites for hydroxylation is 1. The van der Waals surface area contributed by atoms with Gasteiger partial charge in [0.25, 0.3) is 0 Å². The summed E-state index contributed by atoms with van der Waals surface area (Å²) < 4.78 is 0. The van der Waals surface area contributed by atoms with Crippen LogP contribution in [0.3, 0.4) is 0 Å². The predicted octanol–water partition coefficient (Wildman–Crippen LogP) is 0.482. The Hall–Kier alpha value is -1.36. The van der Waals surface area contributed by atoms with Crippen molar-refractivity contribution in [2.45, 2.75) is 6.92 Å². The topological polar surface area (TPSA) is 53.1 Å². The monoisotopic (exact) mass is 233 g/mol. The van der Waals surface area contributed by atoms with Crippen molar-refractivity contribution in [2.24, 2.45) is 11.8 Å². The fourth-order valence-electron chi connectivity index (χ4n) is 2.88. The quantitative estimate of drug-likeness (QED) is 0.778. The second kappa shape index (κ2) is 4.14. The van der Waals surface area contributed by atoms with Gasteiger partial charge in [0.1, 0.15) is 17.5 Å². The average molecular weight is 233 g/mol. The van der Waals surface area contributed by atoms with Gasteiger partial charge in [-0.1, -0.05) is 0 Å². The van der Waals surface area contributed by atoms with Gasteiger partial charge in [0.2, 0.25) is 0 Å². The first-order valence-corrected chi connectivity index (χ1v) is 6.25. The minimum Gasteiger partial charge on any atom is -0.373 e. The van der Waals surface area contributed by atoms with E-state index in [1.165, 1.54) is 0 Å². The Balaban J connectivity index is 1.82. The van der Waals surface area contributed by atoms with Gasteiger partial charge >= 0.3 is 0 Å². The Morgan fingerprint density at radius 1 is 1.29 bits per heavy atom. The van der Waals surface area contributed by atoms with Crippen LogP contribution in [0.15, 0.2) is 6.07 Å². The Labute approximate surface area is 102 Å². The molecule has 3 heterocycles. The summed E-state index contributed by atoms with van der Waals surface area (Å²) in [5.74, 6) is 4.40. The van der Waals surface area contributed by atoms with Crippen LogP contribution in [0.4, 0.5) is 11.6 Å². The zero-order valence-corrected chi connectivity index (χ0v) is 10.4. The van der Waals surface area contributed by atoms with E-state index in [1.807, 2.05) is 20.0 Å². The van der Waals surface area contributed by atoms with Crippen LogP contribution in [0.2, 0.25) is 0 Å². The van der Waals surface area contributed by atoms with Gasteiger partial charge in [-0.05, 0) is 18.8 Å². The molecule has 5 heteroatoms. The molecular formula is C12H19N5. The van der Waals surface area contributed by atoms with E-state index in [2.05, 4.69) is 25.5 Å². The summed E-state index contributed by atoms with van der Waals surface area (Å²) in [5.41, 5.74) is 0. The summed E-state index contributed by atoms with van der Waals surface area (Å²) in [6, 6.07) is 2.04. The SMILES string of the molecule is CNc1cc(N2CC3CNCC3C2)nc(C)n1. The van der Waals surface area contributed by atoms with Gasteiger partial charge in [-0.25, -0.2) is 9.97 Å². The number of fused-ring (bicyclic) bond motifs is 1. The Morgan fingerprint density at radius 3 is 2.65 bits per heavy atom. The molecule has 92 valence electrons.